The molecule has 0 amide bonds. The van der Waals surface area contributed by atoms with Gasteiger partial charge < -0.3 is 9.15 Å². The Labute approximate surface area is 141 Å². The summed E-state index contributed by atoms with van der Waals surface area (Å²) in [5.74, 6) is 4.64. The molecule has 1 aromatic heterocycles. The van der Waals surface area contributed by atoms with Gasteiger partial charge in [-0.2, -0.15) is 0 Å². The fourth-order valence-corrected chi connectivity index (χ4v) is 4.18. The normalized spacial score (nSPS) is 27.8. The molecular weight excluding hydrogens is 296 g/mol. The Morgan fingerprint density at radius 1 is 0.958 bits per heavy atom. The van der Waals surface area contributed by atoms with E-state index in [-0.39, 0.29) is 6.10 Å². The third-order valence-corrected chi connectivity index (χ3v) is 5.55. The van der Waals surface area contributed by atoms with E-state index in [0.717, 1.165) is 17.3 Å². The van der Waals surface area contributed by atoms with E-state index in [2.05, 4.69) is 67.6 Å². The van der Waals surface area contributed by atoms with Crippen LogP contribution in [0.1, 0.15) is 29.9 Å². The second-order valence-corrected chi connectivity index (χ2v) is 7.06. The molecule has 0 radical (unpaired) electrons. The average Bonchev–Trinajstić information content (AvgIpc) is 3.09. The number of benzene rings is 2. The Balaban J connectivity index is 1.48. The minimum Gasteiger partial charge on any atom is -0.485 e. The van der Waals surface area contributed by atoms with Crippen LogP contribution in [0.15, 0.2) is 59.0 Å². The van der Waals surface area contributed by atoms with Crippen molar-refractivity contribution in [3.63, 3.8) is 0 Å². The number of fused-ring (bicyclic) bond motifs is 3. The number of hydrogen-bond acceptors (Lipinski definition) is 2. The molecule has 0 bridgehead atoms. The zero-order chi connectivity index (χ0) is 16.3. The average molecular weight is 316 g/mol. The zero-order valence-electron chi connectivity index (χ0n) is 13.9. The van der Waals surface area contributed by atoms with Gasteiger partial charge in [0.1, 0.15) is 23.4 Å². The lowest BCUT2D eigenvalue weighted by molar-refractivity contribution is 0.216. The summed E-state index contributed by atoms with van der Waals surface area (Å²) in [7, 11) is 0. The Morgan fingerprint density at radius 2 is 1.83 bits per heavy atom. The fraction of sp³-hybridized carbons (Fsp3) is 0.273. The minimum absolute atomic E-state index is 0.119. The van der Waals surface area contributed by atoms with Crippen molar-refractivity contribution < 1.29 is 9.15 Å². The van der Waals surface area contributed by atoms with Gasteiger partial charge in [0.15, 0.2) is 0 Å². The number of aryl methyl sites for hydroxylation is 1. The van der Waals surface area contributed by atoms with Crippen molar-refractivity contribution in [1.82, 2.24) is 0 Å². The second kappa shape index (κ2) is 5.01. The van der Waals surface area contributed by atoms with Crippen LogP contribution in [0.3, 0.4) is 0 Å². The summed E-state index contributed by atoms with van der Waals surface area (Å²) in [5.41, 5.74) is 1.17. The molecule has 2 aromatic carbocycles. The molecule has 3 aromatic rings. The molecule has 1 saturated carbocycles. The first-order chi connectivity index (χ1) is 11.7. The van der Waals surface area contributed by atoms with Gasteiger partial charge in [-0.25, -0.2) is 0 Å². The van der Waals surface area contributed by atoms with Crippen LogP contribution >= 0.6 is 0 Å². The Bertz CT molecular complexity index is 950. The summed E-state index contributed by atoms with van der Waals surface area (Å²) in [6, 6.07) is 16.9. The lowest BCUT2D eigenvalue weighted by Gasteiger charge is -2.23. The molecule has 0 spiro atoms. The van der Waals surface area contributed by atoms with Crippen molar-refractivity contribution in [2.24, 2.45) is 11.8 Å². The third-order valence-electron chi connectivity index (χ3n) is 5.55. The molecule has 4 atom stereocenters. The first-order valence-corrected chi connectivity index (χ1v) is 8.65. The smallest absolute Gasteiger partial charge is 0.135 e. The molecular formula is C22H20O2. The van der Waals surface area contributed by atoms with E-state index in [1.165, 1.54) is 16.3 Å². The van der Waals surface area contributed by atoms with Crippen LogP contribution in [0.5, 0.6) is 5.75 Å². The van der Waals surface area contributed by atoms with E-state index in [1.807, 2.05) is 6.92 Å². The minimum atomic E-state index is 0.119. The molecule has 24 heavy (non-hydrogen) atoms. The van der Waals surface area contributed by atoms with Gasteiger partial charge in [0, 0.05) is 22.8 Å². The van der Waals surface area contributed by atoms with E-state index in [9.17, 15) is 0 Å². The summed E-state index contributed by atoms with van der Waals surface area (Å²) in [6.45, 7) is 4.30. The highest BCUT2D eigenvalue weighted by molar-refractivity contribution is 5.92. The standard InChI is InChI=1S/C22H20O2/c1-13-7-11-18(23-13)20-14(2)21(20)19-12-10-16-9-8-15-5-3-4-6-17(15)22(16)24-19/h3-12,14,19-21H,1-2H3. The van der Waals surface area contributed by atoms with Gasteiger partial charge in [0.05, 0.1) is 0 Å². The molecule has 2 nitrogen and oxygen atoms in total. The number of rotatable bonds is 2. The molecule has 2 aliphatic rings. The zero-order valence-corrected chi connectivity index (χ0v) is 13.9. The molecule has 1 fully saturated rings. The van der Waals surface area contributed by atoms with Crippen molar-refractivity contribution in [3.8, 4) is 5.75 Å². The summed E-state index contributed by atoms with van der Waals surface area (Å²) in [5, 5.41) is 2.43. The summed E-state index contributed by atoms with van der Waals surface area (Å²) >= 11 is 0. The fourth-order valence-electron chi connectivity index (χ4n) is 4.18. The molecule has 1 aliphatic carbocycles. The molecule has 4 unspecified atom stereocenters. The predicted octanol–water partition coefficient (Wildman–Crippen LogP) is 5.57. The number of furan rings is 1. The molecule has 1 aliphatic heterocycles. The highest BCUT2D eigenvalue weighted by Gasteiger charge is 2.54. The molecule has 2 heteroatoms. The Kier molecular flexibility index (Phi) is 2.90. The highest BCUT2D eigenvalue weighted by Crippen LogP contribution is 2.57. The number of hydrogen-bond donors (Lipinski definition) is 0. The van der Waals surface area contributed by atoms with Gasteiger partial charge in [-0.1, -0.05) is 49.4 Å². The van der Waals surface area contributed by atoms with Crippen LogP contribution in [0.25, 0.3) is 16.8 Å². The van der Waals surface area contributed by atoms with Crippen LogP contribution in [0.4, 0.5) is 0 Å². The maximum Gasteiger partial charge on any atom is 0.135 e. The van der Waals surface area contributed by atoms with Crippen LogP contribution in [-0.2, 0) is 0 Å². The summed E-state index contributed by atoms with van der Waals surface area (Å²) in [4.78, 5) is 0. The topological polar surface area (TPSA) is 22.4 Å². The van der Waals surface area contributed by atoms with Gasteiger partial charge in [0.2, 0.25) is 0 Å². The van der Waals surface area contributed by atoms with Gasteiger partial charge in [-0.05, 0) is 36.4 Å². The molecule has 5 rings (SSSR count). The van der Waals surface area contributed by atoms with E-state index < -0.39 is 0 Å². The Hall–Kier alpha value is -2.48. The van der Waals surface area contributed by atoms with Crippen LogP contribution in [-0.4, -0.2) is 6.10 Å². The van der Waals surface area contributed by atoms with Crippen molar-refractivity contribution in [2.45, 2.75) is 25.9 Å². The Morgan fingerprint density at radius 3 is 2.67 bits per heavy atom. The second-order valence-electron chi connectivity index (χ2n) is 7.06. The lowest BCUT2D eigenvalue weighted by Crippen LogP contribution is -2.20. The summed E-state index contributed by atoms with van der Waals surface area (Å²) < 4.78 is 12.3. The number of ether oxygens (including phenoxy) is 1. The third kappa shape index (κ3) is 2.02. The maximum atomic E-state index is 6.47. The lowest BCUT2D eigenvalue weighted by atomic mass is 10.0. The first kappa shape index (κ1) is 13.9. The van der Waals surface area contributed by atoms with Crippen molar-refractivity contribution in [3.05, 3.63) is 71.7 Å². The maximum absolute atomic E-state index is 6.47. The first-order valence-electron chi connectivity index (χ1n) is 8.65. The van der Waals surface area contributed by atoms with E-state index in [1.54, 1.807) is 0 Å². The largest absolute Gasteiger partial charge is 0.485 e. The molecule has 0 saturated heterocycles. The van der Waals surface area contributed by atoms with Gasteiger partial charge in [-0.15, -0.1) is 0 Å². The van der Waals surface area contributed by atoms with Crippen molar-refractivity contribution in [2.75, 3.05) is 0 Å². The quantitative estimate of drug-likeness (QED) is 0.617. The molecule has 120 valence electrons. The van der Waals surface area contributed by atoms with E-state index in [0.29, 0.717) is 17.8 Å². The monoisotopic (exact) mass is 316 g/mol. The van der Waals surface area contributed by atoms with E-state index in [4.69, 9.17) is 9.15 Å². The SMILES string of the molecule is Cc1ccc(C2C(C)C2C2C=Cc3ccc4ccccc4c3O2)o1. The highest BCUT2D eigenvalue weighted by atomic mass is 16.5. The predicted molar refractivity (Wildman–Crippen MR) is 96.2 cm³/mol. The van der Waals surface area contributed by atoms with Crippen LogP contribution in [0.2, 0.25) is 0 Å². The molecule has 2 heterocycles. The van der Waals surface area contributed by atoms with Crippen molar-refractivity contribution in [1.29, 1.82) is 0 Å². The van der Waals surface area contributed by atoms with Crippen LogP contribution < -0.4 is 4.74 Å². The molecule has 0 N–H and O–H groups in total. The van der Waals surface area contributed by atoms with Crippen LogP contribution in [0, 0.1) is 18.8 Å². The van der Waals surface area contributed by atoms with Gasteiger partial charge in [0.25, 0.3) is 0 Å². The van der Waals surface area contributed by atoms with Crippen molar-refractivity contribution >= 4 is 16.8 Å². The summed E-state index contributed by atoms with van der Waals surface area (Å²) in [6.07, 6.45) is 4.55. The van der Waals surface area contributed by atoms with Gasteiger partial charge >= 0.3 is 0 Å². The van der Waals surface area contributed by atoms with E-state index >= 15 is 0 Å². The van der Waals surface area contributed by atoms with Gasteiger partial charge in [-0.3, -0.25) is 0 Å².